The number of carboxylic acid groups (broad SMARTS) is 1. The van der Waals surface area contributed by atoms with E-state index < -0.39 is 28.1 Å². The summed E-state index contributed by atoms with van der Waals surface area (Å²) in [6.45, 7) is 1.51. The van der Waals surface area contributed by atoms with Crippen LogP contribution in [0.1, 0.15) is 28.5 Å². The lowest BCUT2D eigenvalue weighted by atomic mass is 10.3. The summed E-state index contributed by atoms with van der Waals surface area (Å²) in [5.41, 5.74) is -0.0896. The minimum atomic E-state index is -3.62. The molecule has 1 atom stereocenters. The Bertz CT molecular complexity index is 597. The number of carbonyl (C=O) groups is 2. The molecule has 0 aromatic carbocycles. The number of aromatic nitrogens is 1. The van der Waals surface area contributed by atoms with Crippen molar-refractivity contribution in [1.29, 1.82) is 0 Å². The molecular formula is C9H14N4O5S2. The highest BCUT2D eigenvalue weighted by Gasteiger charge is 2.16. The summed E-state index contributed by atoms with van der Waals surface area (Å²) in [7, 11) is -3.62. The van der Waals surface area contributed by atoms with E-state index in [2.05, 4.69) is 15.6 Å². The first-order chi connectivity index (χ1) is 9.19. The van der Waals surface area contributed by atoms with E-state index in [1.165, 1.54) is 5.38 Å². The van der Waals surface area contributed by atoms with Crippen LogP contribution in [0.15, 0.2) is 5.38 Å². The van der Waals surface area contributed by atoms with Crippen LogP contribution in [0.25, 0.3) is 0 Å². The molecule has 0 fully saturated rings. The Kier molecular flexibility index (Phi) is 5.42. The number of primary sulfonamides is 1. The quantitative estimate of drug-likeness (QED) is 0.553. The average Bonchev–Trinajstić information content (AvgIpc) is 2.76. The summed E-state index contributed by atoms with van der Waals surface area (Å²) in [4.78, 5) is 26.0. The molecule has 1 unspecified atom stereocenters. The van der Waals surface area contributed by atoms with E-state index in [1.807, 2.05) is 0 Å². The van der Waals surface area contributed by atoms with Crippen LogP contribution in [0.2, 0.25) is 0 Å². The summed E-state index contributed by atoms with van der Waals surface area (Å²) in [6, 6.07) is -1.09. The minimum absolute atomic E-state index is 0.0896. The van der Waals surface area contributed by atoms with E-state index in [1.54, 1.807) is 6.92 Å². The number of carboxylic acids is 1. The number of carbonyl (C=O) groups excluding carboxylic acids is 1. The van der Waals surface area contributed by atoms with Gasteiger partial charge in [-0.1, -0.05) is 0 Å². The molecule has 1 aromatic rings. The standard InChI is InChI=1S/C9H14N4O5S2/c1-5(7-13-6(4-19-7)8(14)15)12-9(16)11-2-3-20(10,17)18/h4-5H,2-3H2,1H3,(H,14,15)(H2,10,17,18)(H2,11,12,16). The average molecular weight is 322 g/mol. The molecule has 5 N–H and O–H groups in total. The van der Waals surface area contributed by atoms with Gasteiger partial charge in [0.25, 0.3) is 0 Å². The predicted molar refractivity (Wildman–Crippen MR) is 72.0 cm³/mol. The van der Waals surface area contributed by atoms with Crippen LogP contribution in [0.3, 0.4) is 0 Å². The highest BCUT2D eigenvalue weighted by molar-refractivity contribution is 7.89. The first kappa shape index (κ1) is 16.3. The van der Waals surface area contributed by atoms with Gasteiger partial charge in [0.1, 0.15) is 5.01 Å². The van der Waals surface area contributed by atoms with Crippen molar-refractivity contribution in [3.63, 3.8) is 0 Å². The van der Waals surface area contributed by atoms with Gasteiger partial charge in [0.2, 0.25) is 10.0 Å². The van der Waals surface area contributed by atoms with Crippen molar-refractivity contribution in [1.82, 2.24) is 15.6 Å². The molecule has 0 spiro atoms. The van der Waals surface area contributed by atoms with Gasteiger partial charge < -0.3 is 15.7 Å². The number of hydrogen-bond acceptors (Lipinski definition) is 6. The monoisotopic (exact) mass is 322 g/mol. The molecule has 11 heteroatoms. The maximum Gasteiger partial charge on any atom is 0.355 e. The number of hydrogen-bond donors (Lipinski definition) is 4. The van der Waals surface area contributed by atoms with Crippen molar-refractivity contribution in [3.8, 4) is 0 Å². The molecule has 1 rings (SSSR count). The van der Waals surface area contributed by atoms with Gasteiger partial charge in [0.15, 0.2) is 5.69 Å². The Hall–Kier alpha value is -1.72. The van der Waals surface area contributed by atoms with Gasteiger partial charge in [0.05, 0.1) is 11.8 Å². The largest absolute Gasteiger partial charge is 0.476 e. The number of urea groups is 1. The van der Waals surface area contributed by atoms with Gasteiger partial charge in [-0.3, -0.25) is 0 Å². The van der Waals surface area contributed by atoms with E-state index >= 15 is 0 Å². The molecule has 0 aliphatic heterocycles. The van der Waals surface area contributed by atoms with Gasteiger partial charge >= 0.3 is 12.0 Å². The van der Waals surface area contributed by atoms with Gasteiger partial charge in [-0.2, -0.15) is 0 Å². The topological polar surface area (TPSA) is 151 Å². The highest BCUT2D eigenvalue weighted by Crippen LogP contribution is 2.17. The number of aromatic carboxylic acids is 1. The maximum absolute atomic E-state index is 11.5. The third-order valence-corrected chi connectivity index (χ3v) is 3.93. The van der Waals surface area contributed by atoms with Gasteiger partial charge in [-0.25, -0.2) is 28.1 Å². The molecule has 112 valence electrons. The number of rotatable bonds is 6. The summed E-state index contributed by atoms with van der Waals surface area (Å²) in [6.07, 6.45) is 0. The molecule has 0 aliphatic rings. The lowest BCUT2D eigenvalue weighted by Gasteiger charge is -2.11. The second kappa shape index (κ2) is 6.63. The Labute approximate surface area is 119 Å². The summed E-state index contributed by atoms with van der Waals surface area (Å²) < 4.78 is 21.3. The number of nitrogens with two attached hydrogens (primary N) is 1. The molecule has 0 aliphatic carbocycles. The van der Waals surface area contributed by atoms with Crippen molar-refractivity contribution >= 4 is 33.4 Å². The zero-order valence-electron chi connectivity index (χ0n) is 10.5. The summed E-state index contributed by atoms with van der Waals surface area (Å²) in [5.74, 6) is -1.51. The number of amides is 2. The van der Waals surface area contributed by atoms with Crippen LogP contribution in [0.5, 0.6) is 0 Å². The van der Waals surface area contributed by atoms with Crippen LogP contribution >= 0.6 is 11.3 Å². The molecule has 0 radical (unpaired) electrons. The fraction of sp³-hybridized carbons (Fsp3) is 0.444. The molecule has 0 saturated heterocycles. The van der Waals surface area contributed by atoms with E-state index in [4.69, 9.17) is 10.2 Å². The molecule has 2 amide bonds. The first-order valence-corrected chi connectivity index (χ1v) is 8.02. The Balaban J connectivity index is 2.46. The van der Waals surface area contributed by atoms with E-state index in [0.29, 0.717) is 5.01 Å². The third-order valence-electron chi connectivity index (χ3n) is 2.13. The van der Waals surface area contributed by atoms with Crippen LogP contribution in [0.4, 0.5) is 4.79 Å². The smallest absolute Gasteiger partial charge is 0.355 e. The number of thiazole rings is 1. The molecule has 0 bridgehead atoms. The van der Waals surface area contributed by atoms with Crippen LogP contribution < -0.4 is 15.8 Å². The minimum Gasteiger partial charge on any atom is -0.476 e. The van der Waals surface area contributed by atoms with Crippen molar-refractivity contribution in [2.24, 2.45) is 5.14 Å². The third kappa shape index (κ3) is 5.50. The van der Waals surface area contributed by atoms with E-state index in [0.717, 1.165) is 11.3 Å². The zero-order chi connectivity index (χ0) is 15.3. The first-order valence-electron chi connectivity index (χ1n) is 5.42. The zero-order valence-corrected chi connectivity index (χ0v) is 12.1. The summed E-state index contributed by atoms with van der Waals surface area (Å²) in [5, 5.41) is 20.1. The fourth-order valence-electron chi connectivity index (χ4n) is 1.20. The van der Waals surface area contributed by atoms with Crippen molar-refractivity contribution in [2.75, 3.05) is 12.3 Å². The highest BCUT2D eigenvalue weighted by atomic mass is 32.2. The number of sulfonamides is 1. The Morgan fingerprint density at radius 1 is 1.55 bits per heavy atom. The molecule has 9 nitrogen and oxygen atoms in total. The number of nitrogens with one attached hydrogen (secondary N) is 2. The lowest BCUT2D eigenvalue weighted by Crippen LogP contribution is -2.39. The van der Waals surface area contributed by atoms with Crippen LogP contribution in [-0.4, -0.2) is 42.8 Å². The van der Waals surface area contributed by atoms with E-state index in [-0.39, 0.29) is 18.0 Å². The second-order valence-corrected chi connectivity index (χ2v) is 6.49. The van der Waals surface area contributed by atoms with Gasteiger partial charge in [0, 0.05) is 11.9 Å². The Morgan fingerprint density at radius 2 is 2.20 bits per heavy atom. The summed E-state index contributed by atoms with van der Waals surface area (Å²) >= 11 is 1.11. The van der Waals surface area contributed by atoms with Crippen molar-refractivity contribution in [2.45, 2.75) is 13.0 Å². The molecule has 0 saturated carbocycles. The number of nitrogens with zero attached hydrogens (tertiary/aromatic N) is 1. The maximum atomic E-state index is 11.5. The second-order valence-electron chi connectivity index (χ2n) is 3.87. The van der Waals surface area contributed by atoms with Gasteiger partial charge in [-0.15, -0.1) is 11.3 Å². The van der Waals surface area contributed by atoms with Crippen LogP contribution in [0, 0.1) is 0 Å². The molecular weight excluding hydrogens is 308 g/mol. The molecule has 1 heterocycles. The van der Waals surface area contributed by atoms with E-state index in [9.17, 15) is 18.0 Å². The molecule has 20 heavy (non-hydrogen) atoms. The van der Waals surface area contributed by atoms with Crippen LogP contribution in [-0.2, 0) is 10.0 Å². The normalized spacial score (nSPS) is 12.7. The van der Waals surface area contributed by atoms with Crippen molar-refractivity contribution in [3.05, 3.63) is 16.1 Å². The lowest BCUT2D eigenvalue weighted by molar-refractivity contribution is 0.0691. The van der Waals surface area contributed by atoms with Crippen molar-refractivity contribution < 1.29 is 23.1 Å². The fourth-order valence-corrected chi connectivity index (χ4v) is 2.39. The Morgan fingerprint density at radius 3 is 2.70 bits per heavy atom. The predicted octanol–water partition coefficient (Wildman–Crippen LogP) is -0.510. The molecule has 1 aromatic heterocycles. The van der Waals surface area contributed by atoms with Gasteiger partial charge in [-0.05, 0) is 6.92 Å². The SMILES string of the molecule is CC(NC(=O)NCCS(N)(=O)=O)c1nc(C(=O)O)cs1.